The molecule has 0 bridgehead atoms. The van der Waals surface area contributed by atoms with E-state index in [2.05, 4.69) is 0 Å². The van der Waals surface area contributed by atoms with Gasteiger partial charge in [-0.05, 0) is 0 Å². The first kappa shape index (κ1) is 9.93. The predicted molar refractivity (Wildman–Crippen MR) is 33.8 cm³/mol. The zero-order chi connectivity index (χ0) is 9.02. The molecule has 0 aromatic heterocycles. The number of hydrogen-bond donors (Lipinski definition) is 2. The minimum absolute atomic E-state index is 0.903. The highest BCUT2D eigenvalue weighted by atomic mass is 16.3. The van der Waals surface area contributed by atoms with Gasteiger partial charge < -0.3 is 10.2 Å². The van der Waals surface area contributed by atoms with Crippen LogP contribution in [-0.2, 0) is 14.4 Å². The van der Waals surface area contributed by atoms with Crippen LogP contribution in [0.3, 0.4) is 0 Å². The van der Waals surface area contributed by atoms with Gasteiger partial charge in [-0.3, -0.25) is 14.4 Å². The van der Waals surface area contributed by atoms with Crippen molar-refractivity contribution in [3.8, 4) is 0 Å². The summed E-state index contributed by atoms with van der Waals surface area (Å²) in [6.45, 7) is -0.00358. The van der Waals surface area contributed by atoms with Crippen LogP contribution in [-0.4, -0.2) is 40.3 Å². The molecule has 0 fully saturated rings. The standard InChI is InChI=1S/C6H8O5/c1-3(8)5(10)6(11)4(9)2-7/h6-7,11H,2H2,1H3. The number of Topliss-reactive ketones (excluding diaryl/α,β-unsaturated/α-hetero) is 3. The molecule has 11 heavy (non-hydrogen) atoms. The molecule has 5 heteroatoms. The van der Waals surface area contributed by atoms with Crippen LogP contribution in [0.5, 0.6) is 0 Å². The maximum atomic E-state index is 10.5. The molecular formula is C6H8O5. The number of hydrogen-bond acceptors (Lipinski definition) is 5. The van der Waals surface area contributed by atoms with Gasteiger partial charge in [0.1, 0.15) is 6.61 Å². The van der Waals surface area contributed by atoms with Gasteiger partial charge in [0.25, 0.3) is 0 Å². The SMILES string of the molecule is CC(=O)C(=O)C(O)C(=O)CO. The molecule has 5 nitrogen and oxygen atoms in total. The summed E-state index contributed by atoms with van der Waals surface area (Å²) in [5.74, 6) is -3.16. The highest BCUT2D eigenvalue weighted by Crippen LogP contribution is 1.89. The summed E-state index contributed by atoms with van der Waals surface area (Å²) < 4.78 is 0. The van der Waals surface area contributed by atoms with Crippen molar-refractivity contribution in [2.75, 3.05) is 6.61 Å². The summed E-state index contributed by atoms with van der Waals surface area (Å²) in [4.78, 5) is 31.2. The first-order valence-electron chi connectivity index (χ1n) is 2.87. The lowest BCUT2D eigenvalue weighted by molar-refractivity contribution is -0.146. The average molecular weight is 160 g/mol. The summed E-state index contributed by atoms with van der Waals surface area (Å²) in [6.07, 6.45) is -2.00. The molecule has 0 spiro atoms. The van der Waals surface area contributed by atoms with Gasteiger partial charge in [0, 0.05) is 6.92 Å². The second-order valence-electron chi connectivity index (χ2n) is 1.95. The van der Waals surface area contributed by atoms with Crippen molar-refractivity contribution >= 4 is 17.3 Å². The Morgan fingerprint density at radius 1 is 1.36 bits per heavy atom. The van der Waals surface area contributed by atoms with E-state index in [-0.39, 0.29) is 0 Å². The summed E-state index contributed by atoms with van der Waals surface area (Å²) in [5.41, 5.74) is 0. The lowest BCUT2D eigenvalue weighted by atomic mass is 10.1. The smallest absolute Gasteiger partial charge is 0.234 e. The molecule has 0 heterocycles. The zero-order valence-corrected chi connectivity index (χ0v) is 5.90. The first-order valence-corrected chi connectivity index (χ1v) is 2.87. The van der Waals surface area contributed by atoms with Gasteiger partial charge in [-0.15, -0.1) is 0 Å². The fourth-order valence-electron chi connectivity index (χ4n) is 0.425. The second-order valence-corrected chi connectivity index (χ2v) is 1.95. The van der Waals surface area contributed by atoms with Crippen LogP contribution < -0.4 is 0 Å². The lowest BCUT2D eigenvalue weighted by Crippen LogP contribution is -2.35. The highest BCUT2D eigenvalue weighted by molar-refractivity contribution is 6.41. The molecule has 0 rings (SSSR count). The second kappa shape index (κ2) is 3.95. The van der Waals surface area contributed by atoms with Crippen LogP contribution in [0, 0.1) is 0 Å². The van der Waals surface area contributed by atoms with Crippen LogP contribution in [0.15, 0.2) is 0 Å². The van der Waals surface area contributed by atoms with Crippen LogP contribution in [0.25, 0.3) is 0 Å². The quantitative estimate of drug-likeness (QED) is 0.369. The third-order valence-electron chi connectivity index (χ3n) is 1.06. The average Bonchev–Trinajstić information content (AvgIpc) is 2.00. The van der Waals surface area contributed by atoms with Crippen LogP contribution in [0.1, 0.15) is 6.92 Å². The molecule has 0 aliphatic carbocycles. The van der Waals surface area contributed by atoms with Gasteiger partial charge in [0.05, 0.1) is 0 Å². The predicted octanol–water partition coefficient (Wildman–Crippen LogP) is -1.93. The highest BCUT2D eigenvalue weighted by Gasteiger charge is 2.25. The normalized spacial score (nSPS) is 12.3. The van der Waals surface area contributed by atoms with Gasteiger partial charge in [0.15, 0.2) is 17.7 Å². The Hall–Kier alpha value is -1.07. The van der Waals surface area contributed by atoms with E-state index in [0.29, 0.717) is 0 Å². The zero-order valence-electron chi connectivity index (χ0n) is 5.90. The molecule has 0 radical (unpaired) electrons. The topological polar surface area (TPSA) is 91.7 Å². The molecule has 0 saturated heterocycles. The number of aliphatic hydroxyl groups excluding tert-OH is 2. The van der Waals surface area contributed by atoms with E-state index in [1.54, 1.807) is 0 Å². The third kappa shape index (κ3) is 2.57. The van der Waals surface area contributed by atoms with E-state index in [0.717, 1.165) is 6.92 Å². The summed E-state index contributed by atoms with van der Waals surface area (Å²) in [6, 6.07) is 0. The molecule has 0 aromatic rings. The Labute approximate surface area is 62.6 Å². The molecule has 0 saturated carbocycles. The molecular weight excluding hydrogens is 152 g/mol. The summed E-state index contributed by atoms with van der Waals surface area (Å²) >= 11 is 0. The van der Waals surface area contributed by atoms with E-state index in [9.17, 15) is 14.4 Å². The molecule has 2 N–H and O–H groups in total. The monoisotopic (exact) mass is 160 g/mol. The van der Waals surface area contributed by atoms with E-state index >= 15 is 0 Å². The minimum atomic E-state index is -2.00. The first-order chi connectivity index (χ1) is 5.00. The number of aliphatic hydroxyl groups is 2. The largest absolute Gasteiger partial charge is 0.388 e. The van der Waals surface area contributed by atoms with Crippen molar-refractivity contribution in [1.29, 1.82) is 0 Å². The Balaban J connectivity index is 4.25. The van der Waals surface area contributed by atoms with Crippen LogP contribution in [0.4, 0.5) is 0 Å². The summed E-state index contributed by atoms with van der Waals surface area (Å²) in [7, 11) is 0. The van der Waals surface area contributed by atoms with Gasteiger partial charge in [-0.25, -0.2) is 0 Å². The number of rotatable bonds is 4. The van der Waals surface area contributed by atoms with Gasteiger partial charge in [-0.1, -0.05) is 0 Å². The maximum absolute atomic E-state index is 10.5. The maximum Gasteiger partial charge on any atom is 0.234 e. The van der Waals surface area contributed by atoms with Gasteiger partial charge in [0.2, 0.25) is 5.78 Å². The Morgan fingerprint density at radius 2 is 1.82 bits per heavy atom. The van der Waals surface area contributed by atoms with Crippen molar-refractivity contribution in [3.05, 3.63) is 0 Å². The Bertz CT molecular complexity index is 195. The van der Waals surface area contributed by atoms with Crippen molar-refractivity contribution in [1.82, 2.24) is 0 Å². The van der Waals surface area contributed by atoms with Gasteiger partial charge >= 0.3 is 0 Å². The van der Waals surface area contributed by atoms with Crippen molar-refractivity contribution in [2.24, 2.45) is 0 Å². The van der Waals surface area contributed by atoms with Gasteiger partial charge in [-0.2, -0.15) is 0 Å². The fraction of sp³-hybridized carbons (Fsp3) is 0.500. The van der Waals surface area contributed by atoms with Crippen LogP contribution >= 0.6 is 0 Å². The van der Waals surface area contributed by atoms with Crippen LogP contribution in [0.2, 0.25) is 0 Å². The number of carbonyl (C=O) groups excluding carboxylic acids is 3. The number of ketones is 3. The molecule has 1 unspecified atom stereocenters. The third-order valence-corrected chi connectivity index (χ3v) is 1.06. The fourth-order valence-corrected chi connectivity index (χ4v) is 0.425. The molecule has 0 aromatic carbocycles. The number of carbonyl (C=O) groups is 3. The van der Waals surface area contributed by atoms with Crippen molar-refractivity contribution < 1.29 is 24.6 Å². The molecule has 0 aliphatic rings. The Kier molecular flexibility index (Phi) is 3.56. The molecule has 0 amide bonds. The molecule has 62 valence electrons. The van der Waals surface area contributed by atoms with E-state index in [1.807, 2.05) is 0 Å². The Morgan fingerprint density at radius 3 is 2.09 bits per heavy atom. The molecule has 1 atom stereocenters. The van der Waals surface area contributed by atoms with Crippen molar-refractivity contribution in [3.63, 3.8) is 0 Å². The summed E-state index contributed by atoms with van der Waals surface area (Å²) in [5, 5.41) is 16.8. The lowest BCUT2D eigenvalue weighted by Gasteiger charge is -2.02. The molecule has 0 aliphatic heterocycles. The van der Waals surface area contributed by atoms with E-state index in [4.69, 9.17) is 10.2 Å². The van der Waals surface area contributed by atoms with E-state index in [1.165, 1.54) is 0 Å². The van der Waals surface area contributed by atoms with Crippen molar-refractivity contribution in [2.45, 2.75) is 13.0 Å². The van der Waals surface area contributed by atoms with E-state index < -0.39 is 30.1 Å². The minimum Gasteiger partial charge on any atom is -0.388 e.